The van der Waals surface area contributed by atoms with Gasteiger partial charge in [0.2, 0.25) is 0 Å². The van der Waals surface area contributed by atoms with Crippen molar-refractivity contribution >= 4 is 17.7 Å². The second-order valence-corrected chi connectivity index (χ2v) is 3.52. The minimum atomic E-state index is -1.06. The van der Waals surface area contributed by atoms with E-state index in [9.17, 15) is 9.18 Å². The van der Waals surface area contributed by atoms with Crippen molar-refractivity contribution in [2.45, 2.75) is 0 Å². The molecule has 1 aromatic rings. The lowest BCUT2D eigenvalue weighted by Crippen LogP contribution is -2.19. The molecule has 0 aliphatic heterocycles. The highest BCUT2D eigenvalue weighted by molar-refractivity contribution is 5.87. The number of rotatable bonds is 5. The molecule has 0 bridgehead atoms. The first kappa shape index (κ1) is 13.0. The highest BCUT2D eigenvalue weighted by atomic mass is 19.1. The van der Waals surface area contributed by atoms with Gasteiger partial charge in [-0.15, -0.1) is 6.58 Å². The molecule has 3 nitrogen and oxygen atoms in total. The van der Waals surface area contributed by atoms with Crippen LogP contribution in [0.15, 0.2) is 36.9 Å². The molecule has 0 aliphatic rings. The minimum absolute atomic E-state index is 0.366. The molecule has 0 aliphatic carbocycles. The molecule has 0 atom stereocenters. The molecule has 0 aromatic heterocycles. The summed E-state index contributed by atoms with van der Waals surface area (Å²) in [6.45, 7) is 4.06. The predicted octanol–water partition coefficient (Wildman–Crippen LogP) is 2.55. The van der Waals surface area contributed by atoms with Crippen molar-refractivity contribution in [1.29, 1.82) is 0 Å². The molecule has 0 amide bonds. The smallest absolute Gasteiger partial charge is 0.328 e. The van der Waals surface area contributed by atoms with E-state index in [0.29, 0.717) is 17.8 Å². The van der Waals surface area contributed by atoms with Crippen molar-refractivity contribution in [2.24, 2.45) is 0 Å². The van der Waals surface area contributed by atoms with Crippen molar-refractivity contribution < 1.29 is 14.3 Å². The maximum Gasteiger partial charge on any atom is 0.328 e. The van der Waals surface area contributed by atoms with Crippen LogP contribution in [0.1, 0.15) is 5.56 Å². The summed E-state index contributed by atoms with van der Waals surface area (Å²) in [5.41, 5.74) is 0.890. The number of aliphatic carboxylic acids is 1. The van der Waals surface area contributed by atoms with E-state index in [1.165, 1.54) is 12.1 Å². The van der Waals surface area contributed by atoms with E-state index in [0.717, 1.165) is 6.08 Å². The molecule has 0 saturated heterocycles. The Morgan fingerprint density at radius 3 is 2.88 bits per heavy atom. The molecule has 4 heteroatoms. The van der Waals surface area contributed by atoms with Gasteiger partial charge in [-0.3, -0.25) is 0 Å². The summed E-state index contributed by atoms with van der Waals surface area (Å²) in [5.74, 6) is -1.45. The molecule has 0 heterocycles. The summed E-state index contributed by atoms with van der Waals surface area (Å²) in [4.78, 5) is 12.1. The molecule has 0 saturated carbocycles. The number of benzene rings is 1. The average molecular weight is 235 g/mol. The van der Waals surface area contributed by atoms with Gasteiger partial charge in [0.15, 0.2) is 0 Å². The molecule has 1 rings (SSSR count). The first-order valence-electron chi connectivity index (χ1n) is 5.07. The fraction of sp³-hybridized carbons (Fsp3) is 0.154. The maximum absolute atomic E-state index is 13.7. The third-order valence-corrected chi connectivity index (χ3v) is 2.21. The van der Waals surface area contributed by atoms with Gasteiger partial charge in [-0.05, 0) is 12.1 Å². The van der Waals surface area contributed by atoms with Gasteiger partial charge in [0.1, 0.15) is 5.82 Å². The zero-order chi connectivity index (χ0) is 12.8. The maximum atomic E-state index is 13.7. The minimum Gasteiger partial charge on any atom is -0.478 e. The number of anilines is 1. The highest BCUT2D eigenvalue weighted by Gasteiger charge is 2.10. The van der Waals surface area contributed by atoms with E-state index in [1.807, 2.05) is 0 Å². The Hall–Kier alpha value is -2.10. The lowest BCUT2D eigenvalue weighted by molar-refractivity contribution is -0.131. The van der Waals surface area contributed by atoms with Gasteiger partial charge < -0.3 is 10.0 Å². The summed E-state index contributed by atoms with van der Waals surface area (Å²) < 4.78 is 13.7. The number of halogens is 1. The molecule has 90 valence electrons. The van der Waals surface area contributed by atoms with E-state index in [4.69, 9.17) is 5.11 Å². The number of carboxylic acids is 1. The van der Waals surface area contributed by atoms with Gasteiger partial charge in [0.05, 0.1) is 5.69 Å². The molecule has 0 spiro atoms. The van der Waals surface area contributed by atoms with Gasteiger partial charge >= 0.3 is 5.97 Å². The second kappa shape index (κ2) is 5.84. The van der Waals surface area contributed by atoms with E-state index in [1.54, 1.807) is 30.2 Å². The third kappa shape index (κ3) is 3.45. The van der Waals surface area contributed by atoms with Gasteiger partial charge in [-0.2, -0.15) is 0 Å². The fourth-order valence-electron chi connectivity index (χ4n) is 1.52. The monoisotopic (exact) mass is 235 g/mol. The molecule has 17 heavy (non-hydrogen) atoms. The Bertz CT molecular complexity index is 455. The van der Waals surface area contributed by atoms with Crippen molar-refractivity contribution in [3.05, 3.63) is 48.3 Å². The number of nitrogens with zero attached hydrogens (tertiary/aromatic N) is 1. The molecule has 0 unspecified atom stereocenters. The van der Waals surface area contributed by atoms with Crippen LogP contribution < -0.4 is 4.90 Å². The van der Waals surface area contributed by atoms with Crippen LogP contribution in [0, 0.1) is 5.82 Å². The lowest BCUT2D eigenvalue weighted by atomic mass is 10.1. The molecule has 0 fully saturated rings. The van der Waals surface area contributed by atoms with E-state index in [2.05, 4.69) is 6.58 Å². The number of likely N-dealkylation sites (N-methyl/N-ethyl adjacent to an activating group) is 1. The molecular formula is C13H14FNO2. The second-order valence-electron chi connectivity index (χ2n) is 3.52. The zero-order valence-electron chi connectivity index (χ0n) is 9.56. The summed E-state index contributed by atoms with van der Waals surface area (Å²) in [5, 5.41) is 8.57. The molecule has 0 radical (unpaired) electrons. The predicted molar refractivity (Wildman–Crippen MR) is 66.5 cm³/mol. The van der Waals surface area contributed by atoms with E-state index < -0.39 is 5.97 Å². The average Bonchev–Trinajstić information content (AvgIpc) is 2.26. The quantitative estimate of drug-likeness (QED) is 0.629. The van der Waals surface area contributed by atoms with Crippen LogP contribution in [0.4, 0.5) is 10.1 Å². The SMILES string of the molecule is C=CCN(C)c1c(F)cccc1/C=C/C(=O)O. The van der Waals surface area contributed by atoms with E-state index >= 15 is 0 Å². The first-order chi connectivity index (χ1) is 8.06. The van der Waals surface area contributed by atoms with Crippen molar-refractivity contribution in [1.82, 2.24) is 0 Å². The number of para-hydroxylation sites is 1. The molecule has 1 aromatic carbocycles. The van der Waals surface area contributed by atoms with E-state index in [-0.39, 0.29) is 5.82 Å². The first-order valence-corrected chi connectivity index (χ1v) is 5.07. The number of carboxylic acid groups (broad SMARTS) is 1. The lowest BCUT2D eigenvalue weighted by Gasteiger charge is -2.20. The topological polar surface area (TPSA) is 40.5 Å². The Labute approximate surface area is 99.5 Å². The number of hydrogen-bond acceptors (Lipinski definition) is 2. The number of carbonyl (C=O) groups is 1. The van der Waals surface area contributed by atoms with Crippen LogP contribution in [0.3, 0.4) is 0 Å². The fourth-order valence-corrected chi connectivity index (χ4v) is 1.52. The van der Waals surface area contributed by atoms with Gasteiger partial charge in [0, 0.05) is 25.2 Å². The normalized spacial score (nSPS) is 10.5. The van der Waals surface area contributed by atoms with Crippen LogP contribution in [0.25, 0.3) is 6.08 Å². The van der Waals surface area contributed by atoms with Crippen molar-refractivity contribution in [3.8, 4) is 0 Å². The summed E-state index contributed by atoms with van der Waals surface area (Å²) in [6, 6.07) is 4.55. The van der Waals surface area contributed by atoms with Crippen LogP contribution in [0.5, 0.6) is 0 Å². The Morgan fingerprint density at radius 2 is 2.29 bits per heavy atom. The van der Waals surface area contributed by atoms with Crippen LogP contribution in [-0.2, 0) is 4.79 Å². The summed E-state index contributed by atoms with van der Waals surface area (Å²) in [7, 11) is 1.72. The van der Waals surface area contributed by atoms with Crippen LogP contribution in [0.2, 0.25) is 0 Å². The summed E-state index contributed by atoms with van der Waals surface area (Å²) in [6.07, 6.45) is 4.01. The Balaban J connectivity index is 3.16. The summed E-state index contributed by atoms with van der Waals surface area (Å²) >= 11 is 0. The van der Waals surface area contributed by atoms with Crippen LogP contribution >= 0.6 is 0 Å². The van der Waals surface area contributed by atoms with Crippen LogP contribution in [-0.4, -0.2) is 24.7 Å². The Kier molecular flexibility index (Phi) is 4.46. The third-order valence-electron chi connectivity index (χ3n) is 2.21. The van der Waals surface area contributed by atoms with Gasteiger partial charge in [0.25, 0.3) is 0 Å². The molecular weight excluding hydrogens is 221 g/mol. The largest absolute Gasteiger partial charge is 0.478 e. The number of hydrogen-bond donors (Lipinski definition) is 1. The van der Waals surface area contributed by atoms with Gasteiger partial charge in [-0.25, -0.2) is 9.18 Å². The highest BCUT2D eigenvalue weighted by Crippen LogP contribution is 2.24. The van der Waals surface area contributed by atoms with Crippen molar-refractivity contribution in [2.75, 3.05) is 18.5 Å². The van der Waals surface area contributed by atoms with Gasteiger partial charge in [-0.1, -0.05) is 18.2 Å². The zero-order valence-corrected chi connectivity index (χ0v) is 9.56. The molecule has 1 N–H and O–H groups in total. The van der Waals surface area contributed by atoms with Crippen molar-refractivity contribution in [3.63, 3.8) is 0 Å². The Morgan fingerprint density at radius 1 is 1.59 bits per heavy atom. The standard InChI is InChI=1S/C13H14FNO2/c1-3-9-15(2)13-10(7-8-12(16)17)5-4-6-11(13)14/h3-8H,1,9H2,2H3,(H,16,17)/b8-7+.